The number of nitrogens with zero attached hydrogens (tertiary/aromatic N) is 3. The molecule has 2 heterocycles. The van der Waals surface area contributed by atoms with Crippen molar-refractivity contribution in [3.05, 3.63) is 35.0 Å². The minimum absolute atomic E-state index is 0.736. The number of thiazole rings is 1. The van der Waals surface area contributed by atoms with Gasteiger partial charge in [0.05, 0.1) is 12.8 Å². The van der Waals surface area contributed by atoms with Gasteiger partial charge in [-0.05, 0) is 36.6 Å². The fourth-order valence-corrected chi connectivity index (χ4v) is 3.55. The van der Waals surface area contributed by atoms with Gasteiger partial charge in [0.25, 0.3) is 0 Å². The Morgan fingerprint density at radius 1 is 1.30 bits per heavy atom. The Labute approximate surface area is 119 Å². The van der Waals surface area contributed by atoms with Gasteiger partial charge in [-0.15, -0.1) is 11.3 Å². The summed E-state index contributed by atoms with van der Waals surface area (Å²) in [4.78, 5) is 10.2. The van der Waals surface area contributed by atoms with E-state index in [0.29, 0.717) is 0 Å². The molecule has 1 aliphatic rings. The Balaban J connectivity index is 1.84. The molecule has 0 bridgehead atoms. The van der Waals surface area contributed by atoms with Crippen molar-refractivity contribution in [2.45, 2.75) is 12.8 Å². The lowest BCUT2D eigenvalue weighted by molar-refractivity contribution is 0.414. The lowest BCUT2D eigenvalue weighted by Gasteiger charge is -2.15. The minimum Gasteiger partial charge on any atom is -0.497 e. The van der Waals surface area contributed by atoms with Gasteiger partial charge in [-0.25, -0.2) is 9.97 Å². The molecule has 1 N–H and O–H groups in total. The summed E-state index contributed by atoms with van der Waals surface area (Å²) in [5, 5.41) is 7.66. The topological polar surface area (TPSA) is 63.7 Å². The van der Waals surface area contributed by atoms with Crippen LogP contribution in [-0.2, 0) is 12.8 Å². The summed E-state index contributed by atoms with van der Waals surface area (Å²) in [6.07, 6.45) is 3.55. The van der Waals surface area contributed by atoms with Crippen molar-refractivity contribution >= 4 is 11.3 Å². The number of hydrogen-bond donors (Lipinski definition) is 1. The molecule has 1 aliphatic carbocycles. The lowest BCUT2D eigenvalue weighted by Crippen LogP contribution is -2.02. The SMILES string of the molecule is COc1ccc2c(c1)CCc1sc(-c3ncn[nH]3)nc1-2. The zero-order chi connectivity index (χ0) is 13.5. The van der Waals surface area contributed by atoms with E-state index < -0.39 is 0 Å². The van der Waals surface area contributed by atoms with Crippen molar-refractivity contribution in [2.75, 3.05) is 7.11 Å². The molecule has 0 saturated carbocycles. The van der Waals surface area contributed by atoms with Gasteiger partial charge in [-0.1, -0.05) is 0 Å². The van der Waals surface area contributed by atoms with Crippen LogP contribution in [0.4, 0.5) is 0 Å². The highest BCUT2D eigenvalue weighted by Crippen LogP contribution is 2.39. The fraction of sp³-hybridized carbons (Fsp3) is 0.214. The molecule has 1 aromatic carbocycles. The van der Waals surface area contributed by atoms with Crippen LogP contribution in [-0.4, -0.2) is 27.3 Å². The first-order chi connectivity index (χ1) is 9.85. The summed E-state index contributed by atoms with van der Waals surface area (Å²) >= 11 is 1.69. The van der Waals surface area contributed by atoms with E-state index in [0.717, 1.165) is 35.1 Å². The van der Waals surface area contributed by atoms with Gasteiger partial charge in [0.2, 0.25) is 0 Å². The molecule has 2 aromatic heterocycles. The van der Waals surface area contributed by atoms with E-state index in [9.17, 15) is 0 Å². The highest BCUT2D eigenvalue weighted by molar-refractivity contribution is 7.15. The van der Waals surface area contributed by atoms with Crippen molar-refractivity contribution in [1.29, 1.82) is 0 Å². The van der Waals surface area contributed by atoms with Gasteiger partial charge >= 0.3 is 0 Å². The van der Waals surface area contributed by atoms with Crippen LogP contribution in [0.1, 0.15) is 10.4 Å². The highest BCUT2D eigenvalue weighted by Gasteiger charge is 2.22. The molecule has 0 unspecified atom stereocenters. The predicted octanol–water partition coefficient (Wildman–Crippen LogP) is 2.70. The molecule has 5 nitrogen and oxygen atoms in total. The van der Waals surface area contributed by atoms with E-state index in [2.05, 4.69) is 27.3 Å². The molecule has 20 heavy (non-hydrogen) atoms. The van der Waals surface area contributed by atoms with Gasteiger partial charge in [-0.2, -0.15) is 5.10 Å². The van der Waals surface area contributed by atoms with Crippen molar-refractivity contribution in [3.63, 3.8) is 0 Å². The first-order valence-corrected chi connectivity index (χ1v) is 7.19. The summed E-state index contributed by atoms with van der Waals surface area (Å²) < 4.78 is 5.29. The van der Waals surface area contributed by atoms with Crippen LogP contribution >= 0.6 is 11.3 Å². The van der Waals surface area contributed by atoms with Gasteiger partial charge in [-0.3, -0.25) is 5.10 Å². The predicted molar refractivity (Wildman–Crippen MR) is 76.9 cm³/mol. The lowest BCUT2D eigenvalue weighted by atomic mass is 9.93. The van der Waals surface area contributed by atoms with Crippen LogP contribution in [0.15, 0.2) is 24.5 Å². The molecule has 0 radical (unpaired) electrons. The molecule has 0 spiro atoms. The Morgan fingerprint density at radius 2 is 2.25 bits per heavy atom. The second-order valence-corrected chi connectivity index (χ2v) is 5.73. The second-order valence-electron chi connectivity index (χ2n) is 4.65. The third-order valence-electron chi connectivity index (χ3n) is 3.50. The standard InChI is InChI=1S/C14H12N4OS/c1-19-9-3-4-10-8(6-9)2-5-11-12(10)17-14(20-11)13-15-7-16-18-13/h3-4,6-7H,2,5H2,1H3,(H,15,16,18). The van der Waals surface area contributed by atoms with Crippen LogP contribution in [0.3, 0.4) is 0 Å². The quantitative estimate of drug-likeness (QED) is 0.786. The number of rotatable bonds is 2. The Morgan fingerprint density at radius 3 is 3.05 bits per heavy atom. The van der Waals surface area contributed by atoms with Crippen LogP contribution in [0.5, 0.6) is 5.75 Å². The number of aromatic nitrogens is 4. The molecule has 0 aliphatic heterocycles. The zero-order valence-corrected chi connectivity index (χ0v) is 11.7. The number of nitrogens with one attached hydrogen (secondary N) is 1. The largest absolute Gasteiger partial charge is 0.497 e. The normalized spacial score (nSPS) is 12.8. The number of fused-ring (bicyclic) bond motifs is 3. The van der Waals surface area contributed by atoms with Gasteiger partial charge < -0.3 is 4.74 Å². The molecular formula is C14H12N4OS. The van der Waals surface area contributed by atoms with E-state index in [1.54, 1.807) is 18.4 Å². The number of H-pyrrole nitrogens is 1. The van der Waals surface area contributed by atoms with Crippen LogP contribution in [0.25, 0.3) is 22.1 Å². The van der Waals surface area contributed by atoms with Crippen LogP contribution in [0.2, 0.25) is 0 Å². The van der Waals surface area contributed by atoms with E-state index in [1.807, 2.05) is 6.07 Å². The van der Waals surface area contributed by atoms with Crippen molar-refractivity contribution < 1.29 is 4.74 Å². The second kappa shape index (κ2) is 4.42. The van der Waals surface area contributed by atoms with Crippen molar-refractivity contribution in [3.8, 4) is 27.8 Å². The highest BCUT2D eigenvalue weighted by atomic mass is 32.1. The Bertz CT molecular complexity index is 764. The fourth-order valence-electron chi connectivity index (χ4n) is 2.52. The monoisotopic (exact) mass is 284 g/mol. The maximum absolute atomic E-state index is 5.29. The summed E-state index contributed by atoms with van der Waals surface area (Å²) in [6, 6.07) is 6.18. The minimum atomic E-state index is 0.736. The molecule has 0 amide bonds. The third kappa shape index (κ3) is 1.72. The number of aromatic amines is 1. The molecular weight excluding hydrogens is 272 g/mol. The Hall–Kier alpha value is -2.21. The van der Waals surface area contributed by atoms with Crippen LogP contribution in [0, 0.1) is 0 Å². The first-order valence-electron chi connectivity index (χ1n) is 6.38. The maximum Gasteiger partial charge on any atom is 0.184 e. The molecule has 0 fully saturated rings. The summed E-state index contributed by atoms with van der Waals surface area (Å²) in [5.74, 6) is 1.64. The summed E-state index contributed by atoms with van der Waals surface area (Å²) in [7, 11) is 1.70. The molecule has 100 valence electrons. The molecule has 3 aromatic rings. The average molecular weight is 284 g/mol. The van der Waals surface area contributed by atoms with Gasteiger partial charge in [0.15, 0.2) is 10.8 Å². The average Bonchev–Trinajstić information content (AvgIpc) is 3.15. The number of ether oxygens (including phenoxy) is 1. The third-order valence-corrected chi connectivity index (χ3v) is 4.63. The number of benzene rings is 1. The summed E-state index contributed by atoms with van der Waals surface area (Å²) in [6.45, 7) is 0. The number of methoxy groups -OCH3 is 1. The molecule has 0 saturated heterocycles. The van der Waals surface area contributed by atoms with E-state index in [-0.39, 0.29) is 0 Å². The molecule has 0 atom stereocenters. The van der Waals surface area contributed by atoms with E-state index >= 15 is 0 Å². The number of hydrogen-bond acceptors (Lipinski definition) is 5. The molecule has 6 heteroatoms. The summed E-state index contributed by atoms with van der Waals surface area (Å²) in [5.41, 5.74) is 3.57. The maximum atomic E-state index is 5.29. The number of aryl methyl sites for hydroxylation is 2. The van der Waals surface area contributed by atoms with Crippen molar-refractivity contribution in [1.82, 2.24) is 20.2 Å². The Kier molecular flexibility index (Phi) is 2.56. The van der Waals surface area contributed by atoms with Gasteiger partial charge in [0.1, 0.15) is 12.1 Å². The van der Waals surface area contributed by atoms with Crippen molar-refractivity contribution in [2.24, 2.45) is 0 Å². The van der Waals surface area contributed by atoms with Gasteiger partial charge in [0, 0.05) is 10.4 Å². The zero-order valence-electron chi connectivity index (χ0n) is 10.9. The first kappa shape index (κ1) is 11.6. The smallest absolute Gasteiger partial charge is 0.184 e. The van der Waals surface area contributed by atoms with Crippen LogP contribution < -0.4 is 4.74 Å². The van der Waals surface area contributed by atoms with E-state index in [4.69, 9.17) is 9.72 Å². The van der Waals surface area contributed by atoms with E-state index in [1.165, 1.54) is 22.3 Å². The molecule has 4 rings (SSSR count).